The average Bonchev–Trinajstić information content (AvgIpc) is 3.03. The molecule has 6 nitrogen and oxygen atoms in total. The minimum absolute atomic E-state index is 0.0238. The maximum Gasteiger partial charge on any atom is 0.121 e. The Balaban J connectivity index is 1.23. The molecule has 2 atom stereocenters. The molecule has 0 spiro atoms. The van der Waals surface area contributed by atoms with Crippen molar-refractivity contribution in [3.8, 4) is 5.75 Å². The molecule has 6 heteroatoms. The number of hydrogen-bond acceptors (Lipinski definition) is 6. The van der Waals surface area contributed by atoms with E-state index in [1.807, 2.05) is 24.3 Å². The largest absolute Gasteiger partial charge is 0.508 e. The van der Waals surface area contributed by atoms with E-state index in [9.17, 15) is 15.3 Å². The SMILES string of the molecule is CC1(C)Nc2cccc3ccc(C4C(O)C(c5ccc(N(c6ccc(C(C)(C)C)cc6)c6ccc(C(C)(C)C)cc6)cc5O)C4O)c(c23)N1. The summed E-state index contributed by atoms with van der Waals surface area (Å²) in [5.41, 5.74) is 8.24. The van der Waals surface area contributed by atoms with Gasteiger partial charge in [0, 0.05) is 57.3 Å². The molecule has 5 aromatic rings. The number of aromatic hydroxyl groups is 1. The van der Waals surface area contributed by atoms with Crippen LogP contribution in [-0.4, -0.2) is 33.2 Å². The van der Waals surface area contributed by atoms with Gasteiger partial charge in [-0.05, 0) is 83.2 Å². The number of nitrogens with one attached hydrogen (secondary N) is 2. The summed E-state index contributed by atoms with van der Waals surface area (Å²) in [5, 5.41) is 44.2. The van der Waals surface area contributed by atoms with Crippen molar-refractivity contribution < 1.29 is 15.3 Å². The number of anilines is 5. The number of nitrogens with zero attached hydrogens (tertiary/aromatic N) is 1. The van der Waals surface area contributed by atoms with Gasteiger partial charge in [-0.3, -0.25) is 0 Å². The maximum absolute atomic E-state index is 11.7. The lowest BCUT2D eigenvalue weighted by molar-refractivity contribution is -0.0789. The highest BCUT2D eigenvalue weighted by atomic mass is 16.3. The van der Waals surface area contributed by atoms with Crippen LogP contribution >= 0.6 is 0 Å². The highest BCUT2D eigenvalue weighted by Crippen LogP contribution is 2.54. The molecule has 0 saturated heterocycles. The molecule has 1 aliphatic carbocycles. The van der Waals surface area contributed by atoms with Crippen molar-refractivity contribution in [1.29, 1.82) is 0 Å². The van der Waals surface area contributed by atoms with E-state index >= 15 is 0 Å². The molecule has 0 amide bonds. The maximum atomic E-state index is 11.7. The summed E-state index contributed by atoms with van der Waals surface area (Å²) in [5.74, 6) is -1.08. The van der Waals surface area contributed by atoms with Crippen molar-refractivity contribution in [1.82, 2.24) is 0 Å². The van der Waals surface area contributed by atoms with E-state index in [4.69, 9.17) is 0 Å². The molecule has 7 rings (SSSR count). The number of rotatable bonds is 5. The van der Waals surface area contributed by atoms with Gasteiger partial charge in [0.05, 0.1) is 12.2 Å². The van der Waals surface area contributed by atoms with Crippen LogP contribution < -0.4 is 15.5 Å². The van der Waals surface area contributed by atoms with Crippen LogP contribution in [-0.2, 0) is 10.8 Å². The normalized spacial score (nSPS) is 21.4. The van der Waals surface area contributed by atoms with E-state index in [1.165, 1.54) is 11.1 Å². The number of hydrogen-bond donors (Lipinski definition) is 5. The molecule has 1 heterocycles. The lowest BCUT2D eigenvalue weighted by Crippen LogP contribution is -2.52. The third-order valence-corrected chi connectivity index (χ3v) is 10.4. The van der Waals surface area contributed by atoms with Gasteiger partial charge < -0.3 is 30.9 Å². The first-order valence-corrected chi connectivity index (χ1v) is 17.4. The third-order valence-electron chi connectivity index (χ3n) is 10.4. The van der Waals surface area contributed by atoms with Crippen molar-refractivity contribution >= 4 is 39.2 Å². The Hall–Kier alpha value is -4.52. The van der Waals surface area contributed by atoms with E-state index < -0.39 is 29.7 Å². The summed E-state index contributed by atoms with van der Waals surface area (Å²) in [4.78, 5) is 2.14. The molecule has 49 heavy (non-hydrogen) atoms. The lowest BCUT2D eigenvalue weighted by Gasteiger charge is -2.48. The first kappa shape index (κ1) is 33.0. The van der Waals surface area contributed by atoms with Crippen LogP contribution in [0.3, 0.4) is 0 Å². The number of aliphatic hydroxyl groups is 2. The van der Waals surface area contributed by atoms with Crippen LogP contribution in [0.25, 0.3) is 10.8 Å². The zero-order valence-electron chi connectivity index (χ0n) is 29.8. The summed E-state index contributed by atoms with van der Waals surface area (Å²) in [6, 6.07) is 33.0. The second kappa shape index (κ2) is 11.5. The van der Waals surface area contributed by atoms with E-state index in [0.717, 1.165) is 44.8 Å². The van der Waals surface area contributed by atoms with Crippen LogP contribution in [0.15, 0.2) is 97.1 Å². The molecule has 0 aromatic heterocycles. The topological polar surface area (TPSA) is 88.0 Å². The molecule has 0 radical (unpaired) electrons. The van der Waals surface area contributed by atoms with Gasteiger partial charge in [-0.25, -0.2) is 0 Å². The van der Waals surface area contributed by atoms with E-state index in [2.05, 4.69) is 138 Å². The van der Waals surface area contributed by atoms with Gasteiger partial charge in [-0.15, -0.1) is 0 Å². The fourth-order valence-electron chi connectivity index (χ4n) is 7.65. The standard InChI is InChI=1S/C43H49N3O3/c1-41(2,3)26-13-17-28(18-14-26)46(29-19-15-27(16-20-29)42(4,5)6)30-21-23-31(34(47)24-30)36-39(48)37(40(36)49)32-22-12-25-10-9-11-33-35(25)38(32)45-43(7,8)44-33/h9-24,36-37,39-40,44-45,47-49H,1-8H3. The molecule has 2 aliphatic rings. The Morgan fingerprint density at radius 1 is 0.612 bits per heavy atom. The molecule has 5 N–H and O–H groups in total. The lowest BCUT2D eigenvalue weighted by atomic mass is 9.62. The molecule has 5 aromatic carbocycles. The van der Waals surface area contributed by atoms with Crippen LogP contribution in [0.2, 0.25) is 0 Å². The van der Waals surface area contributed by atoms with Crippen LogP contribution in [0.1, 0.15) is 89.5 Å². The number of benzene rings is 5. The molecule has 254 valence electrons. The highest BCUT2D eigenvalue weighted by molar-refractivity contribution is 6.06. The molecule has 2 unspecified atom stereocenters. The van der Waals surface area contributed by atoms with Crippen molar-refractivity contribution in [2.24, 2.45) is 0 Å². The predicted molar refractivity (Wildman–Crippen MR) is 203 cm³/mol. The Labute approximate surface area is 290 Å². The molecular formula is C43H49N3O3. The van der Waals surface area contributed by atoms with Crippen molar-refractivity contribution in [2.75, 3.05) is 15.5 Å². The summed E-state index contributed by atoms with van der Waals surface area (Å²) in [6.45, 7) is 17.4. The highest BCUT2D eigenvalue weighted by Gasteiger charge is 2.52. The van der Waals surface area contributed by atoms with Gasteiger partial charge in [0.25, 0.3) is 0 Å². The van der Waals surface area contributed by atoms with Crippen molar-refractivity contribution in [2.45, 2.75) is 95.9 Å². The van der Waals surface area contributed by atoms with Gasteiger partial charge in [0.15, 0.2) is 0 Å². The first-order valence-electron chi connectivity index (χ1n) is 17.4. The zero-order valence-corrected chi connectivity index (χ0v) is 29.8. The molecule has 1 fully saturated rings. The molecule has 0 bridgehead atoms. The summed E-state index contributed by atoms with van der Waals surface area (Å²) >= 11 is 0. The Morgan fingerprint density at radius 3 is 1.65 bits per heavy atom. The third kappa shape index (κ3) is 5.81. The van der Waals surface area contributed by atoms with Gasteiger partial charge in [0.1, 0.15) is 11.4 Å². The molecule has 1 aliphatic heterocycles. The number of phenolic OH excluding ortho intramolecular Hbond substituents is 1. The van der Waals surface area contributed by atoms with Gasteiger partial charge >= 0.3 is 0 Å². The predicted octanol–water partition coefficient (Wildman–Crippen LogP) is 9.79. The monoisotopic (exact) mass is 655 g/mol. The smallest absolute Gasteiger partial charge is 0.121 e. The molecule has 1 saturated carbocycles. The quantitative estimate of drug-likeness (QED) is 0.130. The van der Waals surface area contributed by atoms with Crippen LogP contribution in [0.5, 0.6) is 5.75 Å². The first-order chi connectivity index (χ1) is 23.0. The Bertz CT molecular complexity index is 1950. The average molecular weight is 656 g/mol. The summed E-state index contributed by atoms with van der Waals surface area (Å²) in [7, 11) is 0. The Kier molecular flexibility index (Phi) is 7.77. The Morgan fingerprint density at radius 2 is 1.12 bits per heavy atom. The van der Waals surface area contributed by atoms with E-state index in [0.29, 0.717) is 5.56 Å². The minimum atomic E-state index is -0.876. The minimum Gasteiger partial charge on any atom is -0.508 e. The van der Waals surface area contributed by atoms with Crippen molar-refractivity contribution in [3.05, 3.63) is 119 Å². The van der Waals surface area contributed by atoms with Gasteiger partial charge in [0.2, 0.25) is 0 Å². The van der Waals surface area contributed by atoms with Gasteiger partial charge in [-0.1, -0.05) is 96.1 Å². The van der Waals surface area contributed by atoms with E-state index in [1.54, 1.807) is 6.07 Å². The van der Waals surface area contributed by atoms with Crippen LogP contribution in [0, 0.1) is 0 Å². The van der Waals surface area contributed by atoms with Gasteiger partial charge in [-0.2, -0.15) is 0 Å². The molecular weight excluding hydrogens is 606 g/mol. The van der Waals surface area contributed by atoms with E-state index in [-0.39, 0.29) is 16.6 Å². The second-order valence-electron chi connectivity index (χ2n) is 16.5. The fraction of sp³-hybridized carbons (Fsp3) is 0.349. The van der Waals surface area contributed by atoms with Crippen molar-refractivity contribution in [3.63, 3.8) is 0 Å². The summed E-state index contributed by atoms with van der Waals surface area (Å²) in [6.07, 6.45) is -1.75. The second-order valence-corrected chi connectivity index (χ2v) is 16.5. The zero-order chi connectivity index (χ0) is 35.0. The fourth-order valence-corrected chi connectivity index (χ4v) is 7.65. The number of phenols is 1. The summed E-state index contributed by atoms with van der Waals surface area (Å²) < 4.78 is 0. The van der Waals surface area contributed by atoms with Crippen LogP contribution in [0.4, 0.5) is 28.4 Å². The number of aliphatic hydroxyl groups excluding tert-OH is 2.